The second kappa shape index (κ2) is 11.5. The summed E-state index contributed by atoms with van der Waals surface area (Å²) in [5.74, 6) is 0.271. The van der Waals surface area contributed by atoms with Crippen LogP contribution in [-0.4, -0.2) is 32.1 Å². The number of rotatable bonds is 6. The lowest BCUT2D eigenvalue weighted by Gasteiger charge is -2.33. The van der Waals surface area contributed by atoms with Crippen molar-refractivity contribution in [2.45, 2.75) is 25.0 Å². The molecule has 1 fully saturated rings. The van der Waals surface area contributed by atoms with E-state index in [1.165, 1.54) is 21.9 Å². The van der Waals surface area contributed by atoms with Crippen molar-refractivity contribution in [2.75, 3.05) is 20.1 Å². The first-order valence-electron chi connectivity index (χ1n) is 11.9. The minimum atomic E-state index is -0.0681. The zero-order valence-corrected chi connectivity index (χ0v) is 20.7. The molecule has 4 nitrogen and oxygen atoms in total. The van der Waals surface area contributed by atoms with Crippen LogP contribution in [0.15, 0.2) is 91.0 Å². The quantitative estimate of drug-likeness (QED) is 0.354. The van der Waals surface area contributed by atoms with Crippen molar-refractivity contribution < 1.29 is 9.53 Å². The van der Waals surface area contributed by atoms with Crippen LogP contribution < -0.4 is 10.6 Å². The molecule has 0 aromatic heterocycles. The van der Waals surface area contributed by atoms with Gasteiger partial charge in [0.1, 0.15) is 0 Å². The Kier molecular flexibility index (Phi) is 8.19. The fourth-order valence-electron chi connectivity index (χ4n) is 4.83. The Morgan fingerprint density at radius 2 is 1.71 bits per heavy atom. The molecule has 0 bridgehead atoms. The average Bonchev–Trinajstić information content (AvgIpc) is 2.91. The van der Waals surface area contributed by atoms with Crippen molar-refractivity contribution in [3.63, 3.8) is 0 Å². The van der Waals surface area contributed by atoms with E-state index in [1.807, 2.05) is 24.3 Å². The van der Waals surface area contributed by atoms with Crippen molar-refractivity contribution in [2.24, 2.45) is 0 Å². The monoisotopic (exact) mass is 486 g/mol. The number of amides is 1. The van der Waals surface area contributed by atoms with Crippen molar-refractivity contribution >= 4 is 29.1 Å². The zero-order chi connectivity index (χ0) is 23.3. The fourth-order valence-corrected chi connectivity index (χ4v) is 4.83. The van der Waals surface area contributed by atoms with Crippen LogP contribution in [0.3, 0.4) is 0 Å². The molecule has 0 saturated carbocycles. The topological polar surface area (TPSA) is 50.4 Å². The van der Waals surface area contributed by atoms with E-state index in [2.05, 4.69) is 77.4 Å². The van der Waals surface area contributed by atoms with E-state index in [9.17, 15) is 4.79 Å². The third-order valence-corrected chi connectivity index (χ3v) is 6.73. The van der Waals surface area contributed by atoms with Gasteiger partial charge in [0.15, 0.2) is 0 Å². The lowest BCUT2D eigenvalue weighted by atomic mass is 9.86. The number of fused-ring (bicyclic) bond motifs is 1. The first-order chi connectivity index (χ1) is 16.7. The van der Waals surface area contributed by atoms with Crippen molar-refractivity contribution in [3.05, 3.63) is 108 Å². The zero-order valence-electron chi connectivity index (χ0n) is 19.9. The van der Waals surface area contributed by atoms with Crippen LogP contribution in [0.5, 0.6) is 0 Å². The molecule has 5 heteroatoms. The molecule has 2 unspecified atom stereocenters. The van der Waals surface area contributed by atoms with Crippen LogP contribution in [0, 0.1) is 0 Å². The van der Waals surface area contributed by atoms with Gasteiger partial charge in [-0.2, -0.15) is 0 Å². The Morgan fingerprint density at radius 1 is 0.914 bits per heavy atom. The predicted molar refractivity (Wildman–Crippen MR) is 145 cm³/mol. The van der Waals surface area contributed by atoms with Gasteiger partial charge in [0.2, 0.25) is 0 Å². The van der Waals surface area contributed by atoms with Crippen LogP contribution in [0.1, 0.15) is 33.8 Å². The van der Waals surface area contributed by atoms with Gasteiger partial charge in [-0.05, 0) is 64.2 Å². The van der Waals surface area contributed by atoms with E-state index in [1.54, 1.807) is 7.05 Å². The second-order valence-electron chi connectivity index (χ2n) is 8.91. The molecule has 4 aromatic carbocycles. The van der Waals surface area contributed by atoms with Crippen LogP contribution in [0.25, 0.3) is 21.9 Å². The van der Waals surface area contributed by atoms with Crippen molar-refractivity contribution in [1.29, 1.82) is 0 Å². The third-order valence-electron chi connectivity index (χ3n) is 6.73. The van der Waals surface area contributed by atoms with Gasteiger partial charge in [0.25, 0.3) is 5.91 Å². The van der Waals surface area contributed by atoms with E-state index < -0.39 is 0 Å². The highest BCUT2D eigenvalue weighted by Gasteiger charge is 2.27. The Hall–Kier alpha value is -3.18. The van der Waals surface area contributed by atoms with Gasteiger partial charge in [-0.25, -0.2) is 0 Å². The van der Waals surface area contributed by atoms with Gasteiger partial charge in [-0.1, -0.05) is 72.8 Å². The molecule has 1 aliphatic heterocycles. The standard InChI is InChI=1S/C30H30N2O2.ClH/c1-31-30(33)24-13-11-23(12-14-24)26-7-4-8-27(18-26)28-15-16-32-19-29(28)34-20-21-9-10-22-5-2-3-6-25(22)17-21;/h2-14,17-18,28-29,32H,15-16,19-20H2,1H3,(H,31,33);1H. The molecular weight excluding hydrogens is 456 g/mol. The minimum Gasteiger partial charge on any atom is -0.372 e. The number of benzene rings is 4. The number of carbonyl (C=O) groups is 1. The molecule has 0 radical (unpaired) electrons. The van der Waals surface area contributed by atoms with E-state index in [4.69, 9.17) is 4.74 Å². The summed E-state index contributed by atoms with van der Waals surface area (Å²) in [6.07, 6.45) is 1.16. The lowest BCUT2D eigenvalue weighted by Crippen LogP contribution is -2.41. The Morgan fingerprint density at radius 3 is 2.51 bits per heavy atom. The highest BCUT2D eigenvalue weighted by molar-refractivity contribution is 5.94. The first-order valence-corrected chi connectivity index (χ1v) is 11.9. The summed E-state index contributed by atoms with van der Waals surface area (Å²) >= 11 is 0. The van der Waals surface area contributed by atoms with E-state index in [-0.39, 0.29) is 24.4 Å². The highest BCUT2D eigenvalue weighted by Crippen LogP contribution is 2.31. The molecule has 2 atom stereocenters. The number of piperidine rings is 1. The number of ether oxygens (including phenoxy) is 1. The molecule has 5 rings (SSSR count). The number of hydrogen-bond acceptors (Lipinski definition) is 3. The summed E-state index contributed by atoms with van der Waals surface area (Å²) in [6.45, 7) is 2.45. The van der Waals surface area contributed by atoms with Gasteiger partial charge >= 0.3 is 0 Å². The average molecular weight is 487 g/mol. The fraction of sp³-hybridized carbons (Fsp3) is 0.233. The Labute approximate surface area is 213 Å². The summed E-state index contributed by atoms with van der Waals surface area (Å²) in [4.78, 5) is 11.9. The first kappa shape index (κ1) is 24.9. The van der Waals surface area contributed by atoms with Crippen LogP contribution in [-0.2, 0) is 11.3 Å². The minimum absolute atomic E-state index is 0. The third kappa shape index (κ3) is 5.73. The number of hydrogen-bond donors (Lipinski definition) is 2. The molecule has 35 heavy (non-hydrogen) atoms. The smallest absolute Gasteiger partial charge is 0.251 e. The lowest BCUT2D eigenvalue weighted by molar-refractivity contribution is 0.0107. The van der Waals surface area contributed by atoms with Crippen LogP contribution in [0.2, 0.25) is 0 Å². The Balaban J connectivity index is 0.00000289. The summed E-state index contributed by atoms with van der Waals surface area (Å²) in [6, 6.07) is 31.5. The van der Waals surface area contributed by atoms with Crippen molar-refractivity contribution in [3.8, 4) is 11.1 Å². The number of halogens is 1. The highest BCUT2D eigenvalue weighted by atomic mass is 35.5. The van der Waals surface area contributed by atoms with Gasteiger partial charge in [0, 0.05) is 25.1 Å². The van der Waals surface area contributed by atoms with Gasteiger partial charge < -0.3 is 15.4 Å². The van der Waals surface area contributed by atoms with E-state index in [0.29, 0.717) is 18.1 Å². The number of nitrogens with one attached hydrogen (secondary N) is 2. The molecule has 1 aliphatic rings. The van der Waals surface area contributed by atoms with Crippen molar-refractivity contribution in [1.82, 2.24) is 10.6 Å². The molecule has 4 aromatic rings. The maximum absolute atomic E-state index is 11.9. The number of carbonyl (C=O) groups excluding carboxylic acids is 1. The predicted octanol–water partition coefficient (Wildman–Crippen LogP) is 5.95. The normalized spacial score (nSPS) is 17.5. The molecule has 180 valence electrons. The second-order valence-corrected chi connectivity index (χ2v) is 8.91. The molecule has 1 heterocycles. The molecule has 2 N–H and O–H groups in total. The van der Waals surface area contributed by atoms with Gasteiger partial charge in [-0.3, -0.25) is 4.79 Å². The van der Waals surface area contributed by atoms with Gasteiger partial charge in [0.05, 0.1) is 12.7 Å². The van der Waals surface area contributed by atoms with Crippen LogP contribution >= 0.6 is 12.4 Å². The SMILES string of the molecule is CNC(=O)c1ccc(-c2cccc(C3CCNCC3OCc3ccc4ccccc4c3)c2)cc1.Cl. The van der Waals surface area contributed by atoms with Crippen LogP contribution in [0.4, 0.5) is 0 Å². The maximum Gasteiger partial charge on any atom is 0.251 e. The summed E-state index contributed by atoms with van der Waals surface area (Å²) < 4.78 is 6.48. The molecule has 0 spiro atoms. The Bertz CT molecular complexity index is 1290. The largest absolute Gasteiger partial charge is 0.372 e. The van der Waals surface area contributed by atoms with E-state index >= 15 is 0 Å². The summed E-state index contributed by atoms with van der Waals surface area (Å²) in [7, 11) is 1.65. The van der Waals surface area contributed by atoms with E-state index in [0.717, 1.165) is 30.6 Å². The molecule has 0 aliphatic carbocycles. The molecule has 1 amide bonds. The summed E-state index contributed by atoms with van der Waals surface area (Å²) in [5.41, 5.74) is 5.44. The maximum atomic E-state index is 11.9. The van der Waals surface area contributed by atoms with Gasteiger partial charge in [-0.15, -0.1) is 12.4 Å². The summed E-state index contributed by atoms with van der Waals surface area (Å²) in [5, 5.41) is 8.68. The molecular formula is C30H31ClN2O2. The molecule has 1 saturated heterocycles.